The molecule has 8 rings (SSSR count). The molecule has 5 heteroatoms. The molecule has 3 aromatic heterocycles. The van der Waals surface area contributed by atoms with Crippen molar-refractivity contribution in [2.75, 3.05) is 0 Å². The van der Waals surface area contributed by atoms with Gasteiger partial charge in [-0.2, -0.15) is 0 Å². The van der Waals surface area contributed by atoms with Crippen molar-refractivity contribution in [1.29, 1.82) is 0 Å². The van der Waals surface area contributed by atoms with Crippen molar-refractivity contribution in [3.8, 4) is 40.1 Å². The zero-order valence-corrected chi connectivity index (χ0v) is 23.3. The molecule has 1 aliphatic heterocycles. The van der Waals surface area contributed by atoms with Crippen LogP contribution < -0.4 is 9.47 Å². The fourth-order valence-electron chi connectivity index (χ4n) is 6.17. The van der Waals surface area contributed by atoms with Crippen molar-refractivity contribution in [3.63, 3.8) is 0 Å². The number of aromatic nitrogens is 3. The average Bonchev–Trinajstić information content (AvgIpc) is 3.36. The maximum Gasteiger partial charge on any atom is 0.141 e. The fraction of sp³-hybridized carbons (Fsp3) is 0.0811. The predicted octanol–water partition coefficient (Wildman–Crippen LogP) is 9.46. The molecule has 0 saturated carbocycles. The van der Waals surface area contributed by atoms with Crippen molar-refractivity contribution in [3.05, 3.63) is 139 Å². The summed E-state index contributed by atoms with van der Waals surface area (Å²) in [5.41, 5.74) is 6.09. The van der Waals surface area contributed by atoms with Crippen molar-refractivity contribution < 1.29 is 9.47 Å². The Morgan fingerprint density at radius 2 is 1.48 bits per heavy atom. The van der Waals surface area contributed by atoms with Gasteiger partial charge in [0.05, 0.1) is 22.1 Å². The highest BCUT2D eigenvalue weighted by atomic mass is 16.5. The van der Waals surface area contributed by atoms with Crippen LogP contribution in [0.25, 0.3) is 38.9 Å². The van der Waals surface area contributed by atoms with Gasteiger partial charge in [0.25, 0.3) is 0 Å². The van der Waals surface area contributed by atoms with Gasteiger partial charge >= 0.3 is 0 Å². The zero-order chi connectivity index (χ0) is 28.3. The Hall–Kier alpha value is -5.42. The number of rotatable bonds is 4. The first-order valence-corrected chi connectivity index (χ1v) is 14.1. The van der Waals surface area contributed by atoms with Crippen LogP contribution in [0.3, 0.4) is 0 Å². The molecule has 0 bridgehead atoms. The third kappa shape index (κ3) is 3.78. The third-order valence-corrected chi connectivity index (χ3v) is 8.21. The van der Waals surface area contributed by atoms with E-state index in [1.54, 1.807) is 6.20 Å². The van der Waals surface area contributed by atoms with Crippen LogP contribution in [-0.2, 0) is 5.41 Å². The van der Waals surface area contributed by atoms with Gasteiger partial charge < -0.3 is 9.47 Å². The Bertz CT molecular complexity index is 2120. The fourth-order valence-corrected chi connectivity index (χ4v) is 6.17. The van der Waals surface area contributed by atoms with E-state index in [4.69, 9.17) is 14.5 Å². The second-order valence-electron chi connectivity index (χ2n) is 11.1. The van der Waals surface area contributed by atoms with E-state index in [0.717, 1.165) is 61.9 Å². The molecule has 0 fully saturated rings. The highest BCUT2D eigenvalue weighted by molar-refractivity contribution is 6.13. The Morgan fingerprint density at radius 3 is 2.31 bits per heavy atom. The summed E-state index contributed by atoms with van der Waals surface area (Å²) in [6, 6.07) is 38.9. The van der Waals surface area contributed by atoms with Crippen LogP contribution in [0.1, 0.15) is 25.0 Å². The molecule has 42 heavy (non-hydrogen) atoms. The Kier molecular flexibility index (Phi) is 5.41. The van der Waals surface area contributed by atoms with Gasteiger partial charge in [-0.3, -0.25) is 9.55 Å². The highest BCUT2D eigenvalue weighted by Gasteiger charge is 2.36. The molecule has 0 saturated heterocycles. The minimum atomic E-state index is -0.209. The summed E-state index contributed by atoms with van der Waals surface area (Å²) >= 11 is 0. The van der Waals surface area contributed by atoms with Gasteiger partial charge in [0.15, 0.2) is 0 Å². The quantitative estimate of drug-likeness (QED) is 0.221. The molecule has 5 nitrogen and oxygen atoms in total. The molecule has 4 heterocycles. The highest BCUT2D eigenvalue weighted by Crippen LogP contribution is 2.52. The normalized spacial score (nSPS) is 13.4. The monoisotopic (exact) mass is 545 g/mol. The zero-order valence-electron chi connectivity index (χ0n) is 23.3. The summed E-state index contributed by atoms with van der Waals surface area (Å²) in [7, 11) is 0. The lowest BCUT2D eigenvalue weighted by atomic mass is 9.75. The molecule has 7 aromatic rings. The molecule has 0 N–H and O–H groups in total. The summed E-state index contributed by atoms with van der Waals surface area (Å²) in [5.74, 6) is 4.11. The minimum Gasteiger partial charge on any atom is -0.457 e. The average molecular weight is 546 g/mol. The summed E-state index contributed by atoms with van der Waals surface area (Å²) in [4.78, 5) is 9.22. The standard InChI is InChI=1S/C37H27N3O2/c1-37(2)28-12-3-4-14-33(28)42-36-29(37)18-19-31-35(36)27-17-16-26(23-32(27)40(31)34-15-6-8-21-39-34)41-25-11-9-10-24(22-25)30-13-5-7-20-38-30/h3-23H,1-2H3. The van der Waals surface area contributed by atoms with Crippen molar-refractivity contribution in [2.45, 2.75) is 19.3 Å². The summed E-state index contributed by atoms with van der Waals surface area (Å²) in [6.07, 6.45) is 3.63. The molecule has 0 atom stereocenters. The number of hydrogen-bond acceptors (Lipinski definition) is 4. The molecule has 0 aliphatic carbocycles. The first-order chi connectivity index (χ1) is 20.6. The molecule has 4 aromatic carbocycles. The number of nitrogens with zero attached hydrogens (tertiary/aromatic N) is 3. The Morgan fingerprint density at radius 1 is 0.667 bits per heavy atom. The molecule has 0 amide bonds. The molecule has 0 spiro atoms. The van der Waals surface area contributed by atoms with E-state index < -0.39 is 0 Å². The number of ether oxygens (including phenoxy) is 2. The topological polar surface area (TPSA) is 49.2 Å². The molecule has 1 aliphatic rings. The molecular weight excluding hydrogens is 518 g/mol. The van der Waals surface area contributed by atoms with Crippen LogP contribution in [0.15, 0.2) is 128 Å². The van der Waals surface area contributed by atoms with Gasteiger partial charge in [0.2, 0.25) is 0 Å². The summed E-state index contributed by atoms with van der Waals surface area (Å²) in [5, 5.41) is 2.15. The van der Waals surface area contributed by atoms with E-state index in [2.05, 4.69) is 65.9 Å². The van der Waals surface area contributed by atoms with Gasteiger partial charge in [-0.15, -0.1) is 0 Å². The van der Waals surface area contributed by atoms with Gasteiger partial charge in [0.1, 0.15) is 28.8 Å². The first-order valence-electron chi connectivity index (χ1n) is 14.1. The lowest BCUT2D eigenvalue weighted by molar-refractivity contribution is 0.423. The first kappa shape index (κ1) is 24.4. The van der Waals surface area contributed by atoms with Gasteiger partial charge in [0, 0.05) is 46.0 Å². The van der Waals surface area contributed by atoms with E-state index in [1.165, 1.54) is 11.1 Å². The molecule has 0 unspecified atom stereocenters. The van der Waals surface area contributed by atoms with E-state index in [-0.39, 0.29) is 5.41 Å². The maximum atomic E-state index is 6.69. The number of benzene rings is 4. The lowest BCUT2D eigenvalue weighted by Crippen LogP contribution is -2.24. The van der Waals surface area contributed by atoms with Crippen LogP contribution in [0.2, 0.25) is 0 Å². The number of pyridine rings is 2. The van der Waals surface area contributed by atoms with Crippen molar-refractivity contribution >= 4 is 21.8 Å². The second-order valence-corrected chi connectivity index (χ2v) is 11.1. The summed E-state index contributed by atoms with van der Waals surface area (Å²) < 4.78 is 15.3. The van der Waals surface area contributed by atoms with Crippen molar-refractivity contribution in [2.24, 2.45) is 0 Å². The Balaban J connectivity index is 1.32. The van der Waals surface area contributed by atoms with Gasteiger partial charge in [-0.05, 0) is 60.7 Å². The molecule has 202 valence electrons. The van der Waals surface area contributed by atoms with Gasteiger partial charge in [-0.25, -0.2) is 4.98 Å². The number of hydrogen-bond donors (Lipinski definition) is 0. The van der Waals surface area contributed by atoms with Crippen LogP contribution in [0, 0.1) is 0 Å². The maximum absolute atomic E-state index is 6.69. The molecular formula is C37H27N3O2. The lowest BCUT2D eigenvalue weighted by Gasteiger charge is -2.34. The molecule has 0 radical (unpaired) electrons. The smallest absolute Gasteiger partial charge is 0.141 e. The largest absolute Gasteiger partial charge is 0.457 e. The predicted molar refractivity (Wildman–Crippen MR) is 167 cm³/mol. The van der Waals surface area contributed by atoms with E-state index in [1.807, 2.05) is 79.0 Å². The van der Waals surface area contributed by atoms with Crippen molar-refractivity contribution in [1.82, 2.24) is 14.5 Å². The van der Waals surface area contributed by atoms with Crippen LogP contribution >= 0.6 is 0 Å². The third-order valence-electron chi connectivity index (χ3n) is 8.21. The van der Waals surface area contributed by atoms with E-state index in [0.29, 0.717) is 0 Å². The second kappa shape index (κ2) is 9.32. The van der Waals surface area contributed by atoms with Crippen LogP contribution in [-0.4, -0.2) is 14.5 Å². The van der Waals surface area contributed by atoms with E-state index >= 15 is 0 Å². The summed E-state index contributed by atoms with van der Waals surface area (Å²) in [6.45, 7) is 4.53. The van der Waals surface area contributed by atoms with Crippen LogP contribution in [0.4, 0.5) is 0 Å². The SMILES string of the molecule is CC1(C)c2ccccc2Oc2c1ccc1c2c2ccc(Oc3cccc(-c4ccccn4)c3)cc2n1-c1ccccn1. The number of para-hydroxylation sites is 1. The van der Waals surface area contributed by atoms with Crippen LogP contribution in [0.5, 0.6) is 23.0 Å². The van der Waals surface area contributed by atoms with Gasteiger partial charge in [-0.1, -0.05) is 62.4 Å². The minimum absolute atomic E-state index is 0.209. The van der Waals surface area contributed by atoms with E-state index in [9.17, 15) is 0 Å². The number of fused-ring (bicyclic) bond motifs is 6. The Labute approximate surface area is 243 Å².